The fourth-order valence-electron chi connectivity index (χ4n) is 1.74. The van der Waals surface area contributed by atoms with Gasteiger partial charge in [-0.1, -0.05) is 11.6 Å². The number of aromatic hydroxyl groups is 1. The third-order valence-corrected chi connectivity index (χ3v) is 3.10. The summed E-state index contributed by atoms with van der Waals surface area (Å²) in [5.41, 5.74) is 0.912. The van der Waals surface area contributed by atoms with E-state index in [0.717, 1.165) is 0 Å². The minimum Gasteiger partial charge on any atom is -0.506 e. The Morgan fingerprint density at radius 2 is 2.00 bits per heavy atom. The maximum Gasteiger partial charge on any atom is 0.255 e. The fraction of sp³-hybridized carbons (Fsp3) is 0.455. The highest BCUT2D eigenvalue weighted by molar-refractivity contribution is 6.31. The number of alkyl halides is 2. The summed E-state index contributed by atoms with van der Waals surface area (Å²) in [6.07, 6.45) is -0.162. The number of phenols is 1. The van der Waals surface area contributed by atoms with Crippen LogP contribution >= 0.6 is 11.6 Å². The number of anilines is 1. The first kappa shape index (κ1) is 11.5. The van der Waals surface area contributed by atoms with Gasteiger partial charge in [-0.3, -0.25) is 0 Å². The molecule has 1 aromatic rings. The number of halogens is 3. The van der Waals surface area contributed by atoms with Gasteiger partial charge >= 0.3 is 0 Å². The van der Waals surface area contributed by atoms with E-state index in [1.807, 2.05) is 0 Å². The van der Waals surface area contributed by atoms with Gasteiger partial charge in [0.05, 0.1) is 11.6 Å². The monoisotopic (exact) mass is 247 g/mol. The maximum atomic E-state index is 13.0. The molecule has 0 heterocycles. The summed E-state index contributed by atoms with van der Waals surface area (Å²) in [5, 5.41) is 9.80. The first-order chi connectivity index (χ1) is 7.33. The standard InChI is InChI=1S/C11H12ClF2NO/c1-15(2)9-3-6(7-5-11(7,13)14)8(12)4-10(9)16/h3-4,7,16H,5H2,1-2H3. The van der Waals surface area contributed by atoms with E-state index in [9.17, 15) is 13.9 Å². The van der Waals surface area contributed by atoms with Crippen LogP contribution in [0.3, 0.4) is 0 Å². The SMILES string of the molecule is CN(C)c1cc(C2CC2(F)F)c(Cl)cc1O. The van der Waals surface area contributed by atoms with Crippen LogP contribution in [-0.4, -0.2) is 25.1 Å². The molecule has 2 nitrogen and oxygen atoms in total. The average molecular weight is 248 g/mol. The van der Waals surface area contributed by atoms with Gasteiger partial charge < -0.3 is 10.0 Å². The molecule has 1 saturated carbocycles. The van der Waals surface area contributed by atoms with Gasteiger partial charge in [0.25, 0.3) is 5.92 Å². The number of nitrogens with zero attached hydrogens (tertiary/aromatic N) is 1. The third kappa shape index (κ3) is 1.82. The van der Waals surface area contributed by atoms with Crippen LogP contribution in [0.4, 0.5) is 14.5 Å². The topological polar surface area (TPSA) is 23.5 Å². The Hall–Kier alpha value is -1.03. The van der Waals surface area contributed by atoms with Crippen LogP contribution in [0.15, 0.2) is 12.1 Å². The molecule has 16 heavy (non-hydrogen) atoms. The highest BCUT2D eigenvalue weighted by atomic mass is 35.5. The second kappa shape index (κ2) is 3.48. The molecule has 0 spiro atoms. The molecule has 1 atom stereocenters. The molecule has 1 unspecified atom stereocenters. The van der Waals surface area contributed by atoms with Gasteiger partial charge in [-0.2, -0.15) is 0 Å². The van der Waals surface area contributed by atoms with Crippen molar-refractivity contribution < 1.29 is 13.9 Å². The molecule has 1 aliphatic rings. The molecule has 1 aliphatic carbocycles. The molecular weight excluding hydrogens is 236 g/mol. The predicted molar refractivity (Wildman–Crippen MR) is 59.7 cm³/mol. The van der Waals surface area contributed by atoms with Crippen LogP contribution in [0, 0.1) is 0 Å². The van der Waals surface area contributed by atoms with Gasteiger partial charge in [0.15, 0.2) is 0 Å². The van der Waals surface area contributed by atoms with Crippen LogP contribution in [0.25, 0.3) is 0 Å². The van der Waals surface area contributed by atoms with Crippen molar-refractivity contribution in [1.82, 2.24) is 0 Å². The lowest BCUT2D eigenvalue weighted by Crippen LogP contribution is -2.09. The van der Waals surface area contributed by atoms with Gasteiger partial charge in [0, 0.05) is 31.6 Å². The van der Waals surface area contributed by atoms with Crippen molar-refractivity contribution in [1.29, 1.82) is 0 Å². The van der Waals surface area contributed by atoms with Crippen molar-refractivity contribution in [3.8, 4) is 5.75 Å². The van der Waals surface area contributed by atoms with Crippen LogP contribution in [-0.2, 0) is 0 Å². The zero-order chi connectivity index (χ0) is 12.1. The van der Waals surface area contributed by atoms with E-state index in [2.05, 4.69) is 0 Å². The van der Waals surface area contributed by atoms with Crippen molar-refractivity contribution in [2.75, 3.05) is 19.0 Å². The molecule has 0 saturated heterocycles. The smallest absolute Gasteiger partial charge is 0.255 e. The second-order valence-corrected chi connectivity index (χ2v) is 4.68. The van der Waals surface area contributed by atoms with Gasteiger partial charge in [-0.15, -0.1) is 0 Å². The van der Waals surface area contributed by atoms with Gasteiger partial charge in [-0.25, -0.2) is 8.78 Å². The Morgan fingerprint density at radius 3 is 2.44 bits per heavy atom. The largest absolute Gasteiger partial charge is 0.506 e. The van der Waals surface area contributed by atoms with Gasteiger partial charge in [-0.05, 0) is 11.6 Å². The van der Waals surface area contributed by atoms with E-state index in [1.165, 1.54) is 12.1 Å². The normalized spacial score (nSPS) is 21.9. The van der Waals surface area contributed by atoms with Crippen LogP contribution in [0.1, 0.15) is 17.9 Å². The minimum atomic E-state index is -2.65. The number of hydrogen-bond donors (Lipinski definition) is 1. The first-order valence-electron chi connectivity index (χ1n) is 4.90. The maximum absolute atomic E-state index is 13.0. The Labute approximate surface area is 97.4 Å². The van der Waals surface area contributed by atoms with Crippen molar-refractivity contribution in [3.05, 3.63) is 22.7 Å². The molecule has 1 fully saturated rings. The van der Waals surface area contributed by atoms with Crippen LogP contribution < -0.4 is 4.90 Å². The number of rotatable bonds is 2. The van der Waals surface area contributed by atoms with E-state index >= 15 is 0 Å². The predicted octanol–water partition coefficient (Wildman–Crippen LogP) is 3.23. The van der Waals surface area contributed by atoms with Crippen molar-refractivity contribution >= 4 is 17.3 Å². The summed E-state index contributed by atoms with van der Waals surface area (Å²) in [5.74, 6) is -3.45. The Kier molecular flexibility index (Phi) is 2.49. The van der Waals surface area contributed by atoms with Gasteiger partial charge in [0.2, 0.25) is 0 Å². The first-order valence-corrected chi connectivity index (χ1v) is 5.28. The summed E-state index contributed by atoms with van der Waals surface area (Å²) in [4.78, 5) is 1.66. The lowest BCUT2D eigenvalue weighted by Gasteiger charge is -2.16. The summed E-state index contributed by atoms with van der Waals surface area (Å²) >= 11 is 5.86. The number of phenolic OH excluding ortho intramolecular Hbond substituents is 1. The molecule has 1 aromatic carbocycles. The van der Waals surface area contributed by atoms with E-state index in [1.54, 1.807) is 19.0 Å². The van der Waals surface area contributed by atoms with Crippen molar-refractivity contribution in [2.24, 2.45) is 0 Å². The molecule has 88 valence electrons. The van der Waals surface area contributed by atoms with Crippen LogP contribution in [0.2, 0.25) is 5.02 Å². The average Bonchev–Trinajstić information content (AvgIpc) is 2.74. The van der Waals surface area contributed by atoms with E-state index in [0.29, 0.717) is 11.3 Å². The zero-order valence-electron chi connectivity index (χ0n) is 8.97. The molecule has 2 rings (SSSR count). The van der Waals surface area contributed by atoms with Crippen molar-refractivity contribution in [2.45, 2.75) is 18.3 Å². The molecule has 1 N–H and O–H groups in total. The molecule has 0 aliphatic heterocycles. The van der Waals surface area contributed by atoms with Crippen molar-refractivity contribution in [3.63, 3.8) is 0 Å². The Balaban J connectivity index is 2.43. The Morgan fingerprint density at radius 1 is 1.44 bits per heavy atom. The summed E-state index contributed by atoms with van der Waals surface area (Å²) in [6, 6.07) is 2.85. The summed E-state index contributed by atoms with van der Waals surface area (Å²) < 4.78 is 25.9. The van der Waals surface area contributed by atoms with E-state index in [4.69, 9.17) is 11.6 Å². The van der Waals surface area contributed by atoms with E-state index in [-0.39, 0.29) is 17.2 Å². The molecule has 0 amide bonds. The second-order valence-electron chi connectivity index (χ2n) is 4.27. The minimum absolute atomic E-state index is 0.00252. The highest BCUT2D eigenvalue weighted by Crippen LogP contribution is 2.58. The lowest BCUT2D eigenvalue weighted by molar-refractivity contribution is 0.112. The molecule has 0 aromatic heterocycles. The quantitative estimate of drug-likeness (QED) is 0.867. The highest BCUT2D eigenvalue weighted by Gasteiger charge is 2.58. The third-order valence-electron chi connectivity index (χ3n) is 2.78. The molecular formula is C11H12ClF2NO. The zero-order valence-corrected chi connectivity index (χ0v) is 9.72. The van der Waals surface area contributed by atoms with E-state index < -0.39 is 11.8 Å². The lowest BCUT2D eigenvalue weighted by atomic mass is 10.1. The number of benzene rings is 1. The number of hydrogen-bond acceptors (Lipinski definition) is 2. The molecule has 5 heteroatoms. The Bertz CT molecular complexity index is 434. The van der Waals surface area contributed by atoms with Crippen LogP contribution in [0.5, 0.6) is 5.75 Å². The molecule has 0 radical (unpaired) electrons. The van der Waals surface area contributed by atoms with Gasteiger partial charge in [0.1, 0.15) is 5.75 Å². The summed E-state index contributed by atoms with van der Waals surface area (Å²) in [6.45, 7) is 0. The fourth-order valence-corrected chi connectivity index (χ4v) is 2.03. The summed E-state index contributed by atoms with van der Waals surface area (Å²) in [7, 11) is 3.47. The molecule has 0 bridgehead atoms.